The lowest BCUT2D eigenvalue weighted by molar-refractivity contribution is 0.339. The number of hydrogen-bond acceptors (Lipinski definition) is 1. The average Bonchev–Trinajstić information content (AvgIpc) is 1.85. The number of aliphatic hydroxyl groups excluding tert-OH is 1. The van der Waals surface area contributed by atoms with Crippen molar-refractivity contribution in [3.8, 4) is 0 Å². The predicted octanol–water partition coefficient (Wildman–Crippen LogP) is 2.24. The summed E-state index contributed by atoms with van der Waals surface area (Å²) in [5.74, 6) is -1.37. The van der Waals surface area contributed by atoms with Gasteiger partial charge in [-0.25, -0.2) is 8.78 Å². The van der Waals surface area contributed by atoms with Crippen LogP contribution in [0.15, 0.2) is 18.2 Å². The highest BCUT2D eigenvalue weighted by Crippen LogP contribution is 2.14. The zero-order chi connectivity index (χ0) is 8.43. The van der Waals surface area contributed by atoms with E-state index in [2.05, 4.69) is 0 Å². The zero-order valence-corrected chi connectivity index (χ0v) is 5.94. The van der Waals surface area contributed by atoms with E-state index >= 15 is 0 Å². The fraction of sp³-hybridized carbons (Fsp3) is 0.125. The number of aliphatic hydroxyl groups is 1. The molecular formula is C8H7F2O. The first kappa shape index (κ1) is 8.14. The molecule has 0 aliphatic carbocycles. The summed E-state index contributed by atoms with van der Waals surface area (Å²) in [6.45, 7) is 1.37. The normalized spacial score (nSPS) is 10.6. The summed E-state index contributed by atoms with van der Waals surface area (Å²) < 4.78 is 24.8. The summed E-state index contributed by atoms with van der Waals surface area (Å²) in [6, 6.07) is 2.89. The van der Waals surface area contributed by atoms with E-state index in [4.69, 9.17) is 5.11 Å². The minimum atomic E-state index is -0.687. The Morgan fingerprint density at radius 3 is 2.00 bits per heavy atom. The first-order chi connectivity index (χ1) is 5.09. The maximum atomic E-state index is 12.4. The molecule has 1 aromatic rings. The Morgan fingerprint density at radius 1 is 1.18 bits per heavy atom. The standard InChI is InChI=1S/C8H7F2O/c1-5(11)6-2-7(9)4-8(10)3-6/h2-4,11H,1H3. The van der Waals surface area contributed by atoms with Gasteiger partial charge in [0.15, 0.2) is 0 Å². The Kier molecular flexibility index (Phi) is 2.19. The van der Waals surface area contributed by atoms with Crippen LogP contribution in [0, 0.1) is 17.7 Å². The molecule has 3 heteroatoms. The van der Waals surface area contributed by atoms with E-state index in [-0.39, 0.29) is 11.7 Å². The largest absolute Gasteiger partial charge is 0.382 e. The Balaban J connectivity index is 3.08. The van der Waals surface area contributed by atoms with Gasteiger partial charge in [-0.05, 0) is 24.6 Å². The summed E-state index contributed by atoms with van der Waals surface area (Å²) >= 11 is 0. The van der Waals surface area contributed by atoms with Crippen LogP contribution < -0.4 is 0 Å². The van der Waals surface area contributed by atoms with Gasteiger partial charge in [-0.3, -0.25) is 0 Å². The maximum Gasteiger partial charge on any atom is 0.126 e. The monoisotopic (exact) mass is 157 g/mol. The first-order valence-corrected chi connectivity index (χ1v) is 3.08. The molecule has 0 bridgehead atoms. The molecule has 1 nitrogen and oxygen atoms in total. The third kappa shape index (κ3) is 1.98. The van der Waals surface area contributed by atoms with Gasteiger partial charge in [0.05, 0.1) is 0 Å². The minimum Gasteiger partial charge on any atom is -0.382 e. The second kappa shape index (κ2) is 2.96. The van der Waals surface area contributed by atoms with Crippen molar-refractivity contribution in [3.63, 3.8) is 0 Å². The minimum absolute atomic E-state index is 0.0941. The number of halogens is 2. The van der Waals surface area contributed by atoms with Crippen molar-refractivity contribution in [1.82, 2.24) is 0 Å². The van der Waals surface area contributed by atoms with Gasteiger partial charge in [-0.1, -0.05) is 0 Å². The fourth-order valence-electron chi connectivity index (χ4n) is 0.763. The molecule has 0 atom stereocenters. The molecule has 0 saturated carbocycles. The molecule has 1 rings (SSSR count). The van der Waals surface area contributed by atoms with Crippen LogP contribution in [0.1, 0.15) is 12.5 Å². The SMILES string of the molecule is C[C](O)c1cc(F)cc(F)c1. The van der Waals surface area contributed by atoms with E-state index in [9.17, 15) is 8.78 Å². The molecule has 0 heterocycles. The summed E-state index contributed by atoms with van der Waals surface area (Å²) in [7, 11) is 0. The summed E-state index contributed by atoms with van der Waals surface area (Å²) in [6.07, 6.45) is -0.0941. The topological polar surface area (TPSA) is 20.2 Å². The van der Waals surface area contributed by atoms with Gasteiger partial charge >= 0.3 is 0 Å². The van der Waals surface area contributed by atoms with Crippen LogP contribution in [0.5, 0.6) is 0 Å². The van der Waals surface area contributed by atoms with Gasteiger partial charge in [0, 0.05) is 6.07 Å². The van der Waals surface area contributed by atoms with E-state index in [0.29, 0.717) is 0 Å². The van der Waals surface area contributed by atoms with E-state index in [1.165, 1.54) is 6.92 Å². The van der Waals surface area contributed by atoms with Crippen molar-refractivity contribution in [2.24, 2.45) is 0 Å². The van der Waals surface area contributed by atoms with Crippen LogP contribution in [0.4, 0.5) is 8.78 Å². The molecule has 0 aliphatic rings. The maximum absolute atomic E-state index is 12.4. The fourth-order valence-corrected chi connectivity index (χ4v) is 0.763. The van der Waals surface area contributed by atoms with Crippen molar-refractivity contribution in [2.75, 3.05) is 0 Å². The molecule has 0 aliphatic heterocycles. The van der Waals surface area contributed by atoms with Gasteiger partial charge in [0.25, 0.3) is 0 Å². The van der Waals surface area contributed by atoms with Gasteiger partial charge in [0.1, 0.15) is 17.7 Å². The molecule has 0 saturated heterocycles. The lowest BCUT2D eigenvalue weighted by Gasteiger charge is -2.02. The number of rotatable bonds is 1. The highest BCUT2D eigenvalue weighted by atomic mass is 19.1. The molecule has 0 amide bonds. The second-order valence-electron chi connectivity index (χ2n) is 2.24. The van der Waals surface area contributed by atoms with Crippen molar-refractivity contribution < 1.29 is 13.9 Å². The Hall–Kier alpha value is -0.960. The lowest BCUT2D eigenvalue weighted by atomic mass is 10.1. The van der Waals surface area contributed by atoms with Crippen LogP contribution in [0.25, 0.3) is 0 Å². The summed E-state index contributed by atoms with van der Waals surface area (Å²) in [4.78, 5) is 0. The Labute approximate surface area is 63.3 Å². The quantitative estimate of drug-likeness (QED) is 0.662. The van der Waals surface area contributed by atoms with Crippen LogP contribution in [0.3, 0.4) is 0 Å². The van der Waals surface area contributed by atoms with E-state index in [0.717, 1.165) is 18.2 Å². The molecule has 1 aromatic carbocycles. The van der Waals surface area contributed by atoms with Gasteiger partial charge in [-0.15, -0.1) is 0 Å². The molecule has 0 spiro atoms. The molecule has 0 fully saturated rings. The third-order valence-electron chi connectivity index (χ3n) is 1.28. The van der Waals surface area contributed by atoms with E-state index < -0.39 is 11.6 Å². The van der Waals surface area contributed by atoms with Crippen LogP contribution in [-0.4, -0.2) is 5.11 Å². The third-order valence-corrected chi connectivity index (χ3v) is 1.28. The van der Waals surface area contributed by atoms with Crippen LogP contribution in [-0.2, 0) is 0 Å². The first-order valence-electron chi connectivity index (χ1n) is 3.08. The van der Waals surface area contributed by atoms with Crippen molar-refractivity contribution >= 4 is 0 Å². The van der Waals surface area contributed by atoms with Gasteiger partial charge in [-0.2, -0.15) is 0 Å². The second-order valence-corrected chi connectivity index (χ2v) is 2.24. The summed E-state index contributed by atoms with van der Waals surface area (Å²) in [5.41, 5.74) is 0.169. The highest BCUT2D eigenvalue weighted by molar-refractivity contribution is 5.26. The molecular weight excluding hydrogens is 150 g/mol. The van der Waals surface area contributed by atoms with Crippen molar-refractivity contribution in [1.29, 1.82) is 0 Å². The highest BCUT2D eigenvalue weighted by Gasteiger charge is 2.05. The smallest absolute Gasteiger partial charge is 0.126 e. The average molecular weight is 157 g/mol. The number of benzene rings is 1. The molecule has 11 heavy (non-hydrogen) atoms. The molecule has 1 N–H and O–H groups in total. The van der Waals surface area contributed by atoms with Gasteiger partial charge in [0.2, 0.25) is 0 Å². The molecule has 0 unspecified atom stereocenters. The molecule has 59 valence electrons. The Morgan fingerprint density at radius 2 is 1.64 bits per heavy atom. The van der Waals surface area contributed by atoms with E-state index in [1.807, 2.05) is 0 Å². The lowest BCUT2D eigenvalue weighted by Crippen LogP contribution is -1.94. The van der Waals surface area contributed by atoms with Crippen LogP contribution >= 0.6 is 0 Å². The predicted molar refractivity (Wildman–Crippen MR) is 36.3 cm³/mol. The zero-order valence-electron chi connectivity index (χ0n) is 5.94. The Bertz CT molecular complexity index is 238. The van der Waals surface area contributed by atoms with Crippen molar-refractivity contribution in [3.05, 3.63) is 41.5 Å². The molecule has 1 radical (unpaired) electrons. The molecule has 0 aromatic heterocycles. The van der Waals surface area contributed by atoms with Gasteiger partial charge < -0.3 is 5.11 Å². The number of hydrogen-bond donors (Lipinski definition) is 1. The van der Waals surface area contributed by atoms with E-state index in [1.54, 1.807) is 0 Å². The van der Waals surface area contributed by atoms with Crippen LogP contribution in [0.2, 0.25) is 0 Å². The van der Waals surface area contributed by atoms with Crippen molar-refractivity contribution in [2.45, 2.75) is 6.92 Å². The summed E-state index contributed by atoms with van der Waals surface area (Å²) in [5, 5.41) is 8.86.